The predicted octanol–water partition coefficient (Wildman–Crippen LogP) is 2.52. The summed E-state index contributed by atoms with van der Waals surface area (Å²) >= 11 is 0. The maximum absolute atomic E-state index is 5.46. The Morgan fingerprint density at radius 1 is 1.12 bits per heavy atom. The second kappa shape index (κ2) is 4.13. The topological polar surface area (TPSA) is 55.3 Å². The van der Waals surface area contributed by atoms with E-state index in [1.54, 1.807) is 6.26 Å². The van der Waals surface area contributed by atoms with Crippen LogP contribution in [0, 0.1) is 0 Å². The first-order valence-corrected chi connectivity index (χ1v) is 5.89. The molecule has 88 valence electrons. The molecular formula is C13H15N3O. The monoisotopic (exact) mass is 229 g/mol. The van der Waals surface area contributed by atoms with Crippen molar-refractivity contribution in [2.24, 2.45) is 0 Å². The second-order valence-corrected chi connectivity index (χ2v) is 4.31. The van der Waals surface area contributed by atoms with E-state index in [4.69, 9.17) is 10.2 Å². The molecular weight excluding hydrogens is 214 g/mol. The van der Waals surface area contributed by atoms with E-state index in [0.717, 1.165) is 24.3 Å². The van der Waals surface area contributed by atoms with Crippen LogP contribution in [0.2, 0.25) is 0 Å². The number of aromatic nitrogens is 1. The first kappa shape index (κ1) is 10.2. The average Bonchev–Trinajstić information content (AvgIpc) is 3.00. The Hall–Kier alpha value is -1.97. The number of nitrogen functional groups attached to an aromatic ring is 1. The van der Waals surface area contributed by atoms with Gasteiger partial charge in [0, 0.05) is 24.3 Å². The lowest BCUT2D eigenvalue weighted by molar-refractivity contribution is 0.581. The first-order valence-electron chi connectivity index (χ1n) is 5.89. The molecule has 0 atom stereocenters. The van der Waals surface area contributed by atoms with Crippen LogP contribution in [0.1, 0.15) is 12.8 Å². The van der Waals surface area contributed by atoms with E-state index in [9.17, 15) is 0 Å². The van der Waals surface area contributed by atoms with Crippen LogP contribution in [0.25, 0.3) is 11.3 Å². The standard InChI is InChI=1S/C13H15N3O/c14-13-15-12(9-17-13)10-3-5-11(6-4-10)16-7-1-2-8-16/h3-6,9H,1-2,7-8H2,(H2,14,15). The van der Waals surface area contributed by atoms with E-state index in [0.29, 0.717) is 0 Å². The van der Waals surface area contributed by atoms with Crippen LogP contribution >= 0.6 is 0 Å². The fourth-order valence-corrected chi connectivity index (χ4v) is 2.24. The van der Waals surface area contributed by atoms with E-state index < -0.39 is 0 Å². The summed E-state index contributed by atoms with van der Waals surface area (Å²) in [7, 11) is 0. The first-order chi connectivity index (χ1) is 8.33. The number of hydrogen-bond donors (Lipinski definition) is 1. The average molecular weight is 229 g/mol. The second-order valence-electron chi connectivity index (χ2n) is 4.31. The van der Waals surface area contributed by atoms with Gasteiger partial charge in [0.05, 0.1) is 0 Å². The molecule has 0 bridgehead atoms. The molecule has 4 nitrogen and oxygen atoms in total. The predicted molar refractivity (Wildman–Crippen MR) is 67.8 cm³/mol. The van der Waals surface area contributed by atoms with Crippen molar-refractivity contribution in [2.75, 3.05) is 23.7 Å². The molecule has 17 heavy (non-hydrogen) atoms. The van der Waals surface area contributed by atoms with Crippen LogP contribution in [-0.2, 0) is 0 Å². The molecule has 1 aliphatic rings. The molecule has 2 aromatic rings. The third kappa shape index (κ3) is 1.98. The van der Waals surface area contributed by atoms with E-state index in [2.05, 4.69) is 34.1 Å². The number of benzene rings is 1. The molecule has 1 fully saturated rings. The minimum absolute atomic E-state index is 0.212. The van der Waals surface area contributed by atoms with Crippen molar-refractivity contribution in [3.05, 3.63) is 30.5 Å². The molecule has 1 aliphatic heterocycles. The van der Waals surface area contributed by atoms with Crippen molar-refractivity contribution in [1.82, 2.24) is 4.98 Å². The minimum Gasteiger partial charge on any atom is -0.432 e. The molecule has 1 aromatic carbocycles. The van der Waals surface area contributed by atoms with E-state index in [1.165, 1.54) is 18.5 Å². The van der Waals surface area contributed by atoms with Crippen LogP contribution in [-0.4, -0.2) is 18.1 Å². The highest BCUT2D eigenvalue weighted by Crippen LogP contribution is 2.25. The summed E-state index contributed by atoms with van der Waals surface area (Å²) in [6.45, 7) is 2.33. The van der Waals surface area contributed by atoms with Gasteiger partial charge in [0.25, 0.3) is 6.01 Å². The molecule has 1 saturated heterocycles. The van der Waals surface area contributed by atoms with Gasteiger partial charge in [-0.3, -0.25) is 0 Å². The van der Waals surface area contributed by atoms with Gasteiger partial charge in [-0.2, -0.15) is 4.98 Å². The van der Waals surface area contributed by atoms with Crippen LogP contribution in [0.4, 0.5) is 11.7 Å². The molecule has 4 heteroatoms. The van der Waals surface area contributed by atoms with Gasteiger partial charge in [-0.1, -0.05) is 12.1 Å². The third-order valence-electron chi connectivity index (χ3n) is 3.16. The van der Waals surface area contributed by atoms with Gasteiger partial charge in [-0.15, -0.1) is 0 Å². The molecule has 0 aliphatic carbocycles. The van der Waals surface area contributed by atoms with Gasteiger partial charge in [0.2, 0.25) is 0 Å². The summed E-state index contributed by atoms with van der Waals surface area (Å²) in [6, 6.07) is 8.59. The van der Waals surface area contributed by atoms with Gasteiger partial charge in [-0.25, -0.2) is 0 Å². The number of oxazole rings is 1. The smallest absolute Gasteiger partial charge is 0.292 e. The summed E-state index contributed by atoms with van der Waals surface area (Å²) in [4.78, 5) is 6.51. The van der Waals surface area contributed by atoms with E-state index in [1.807, 2.05) is 0 Å². The molecule has 3 rings (SSSR count). The van der Waals surface area contributed by atoms with Crippen molar-refractivity contribution in [3.63, 3.8) is 0 Å². The lowest BCUT2D eigenvalue weighted by atomic mass is 10.1. The van der Waals surface area contributed by atoms with Crippen LogP contribution in [0.5, 0.6) is 0 Å². The summed E-state index contributed by atoms with van der Waals surface area (Å²) in [5.74, 6) is 0. The van der Waals surface area contributed by atoms with Crippen LogP contribution < -0.4 is 10.6 Å². The Bertz CT molecular complexity index is 498. The zero-order valence-corrected chi connectivity index (χ0v) is 9.60. The molecule has 0 unspecified atom stereocenters. The quantitative estimate of drug-likeness (QED) is 0.859. The van der Waals surface area contributed by atoms with Crippen molar-refractivity contribution in [3.8, 4) is 11.3 Å². The maximum atomic E-state index is 5.46. The lowest BCUT2D eigenvalue weighted by Gasteiger charge is -2.17. The van der Waals surface area contributed by atoms with Gasteiger partial charge in [-0.05, 0) is 25.0 Å². The van der Waals surface area contributed by atoms with Gasteiger partial charge >= 0.3 is 0 Å². The molecule has 0 spiro atoms. The Morgan fingerprint density at radius 2 is 1.82 bits per heavy atom. The highest BCUT2D eigenvalue weighted by atomic mass is 16.4. The number of anilines is 2. The van der Waals surface area contributed by atoms with Crippen LogP contribution in [0.3, 0.4) is 0 Å². The summed E-state index contributed by atoms with van der Waals surface area (Å²) in [5.41, 5.74) is 8.56. The lowest BCUT2D eigenvalue weighted by Crippen LogP contribution is -2.17. The van der Waals surface area contributed by atoms with Gasteiger partial charge in [0.15, 0.2) is 0 Å². The highest BCUT2D eigenvalue weighted by Gasteiger charge is 2.12. The summed E-state index contributed by atoms with van der Waals surface area (Å²) < 4.78 is 5.01. The fraction of sp³-hybridized carbons (Fsp3) is 0.308. The molecule has 0 saturated carbocycles. The SMILES string of the molecule is Nc1nc(-c2ccc(N3CCCC3)cc2)co1. The third-order valence-corrected chi connectivity index (χ3v) is 3.16. The van der Waals surface area contributed by atoms with Crippen molar-refractivity contribution in [1.29, 1.82) is 0 Å². The maximum Gasteiger partial charge on any atom is 0.292 e. The van der Waals surface area contributed by atoms with Crippen molar-refractivity contribution in [2.45, 2.75) is 12.8 Å². The molecule has 1 aromatic heterocycles. The van der Waals surface area contributed by atoms with E-state index in [-0.39, 0.29) is 6.01 Å². The minimum atomic E-state index is 0.212. The van der Waals surface area contributed by atoms with Crippen molar-refractivity contribution >= 4 is 11.7 Å². The number of rotatable bonds is 2. The van der Waals surface area contributed by atoms with Gasteiger partial charge < -0.3 is 15.1 Å². The molecule has 0 radical (unpaired) electrons. The largest absolute Gasteiger partial charge is 0.432 e. The van der Waals surface area contributed by atoms with Crippen LogP contribution in [0.15, 0.2) is 34.9 Å². The van der Waals surface area contributed by atoms with Gasteiger partial charge in [0.1, 0.15) is 12.0 Å². The Balaban J connectivity index is 1.84. The zero-order chi connectivity index (χ0) is 11.7. The zero-order valence-electron chi connectivity index (χ0n) is 9.60. The van der Waals surface area contributed by atoms with E-state index >= 15 is 0 Å². The molecule has 2 N–H and O–H groups in total. The summed E-state index contributed by atoms with van der Waals surface area (Å²) in [5, 5.41) is 0. The Kier molecular flexibility index (Phi) is 2.48. The fourth-order valence-electron chi connectivity index (χ4n) is 2.24. The normalized spacial score (nSPS) is 15.4. The Labute approximate surface area is 100 Å². The van der Waals surface area contributed by atoms with Crippen molar-refractivity contribution < 1.29 is 4.42 Å². The Morgan fingerprint density at radius 3 is 2.41 bits per heavy atom. The number of hydrogen-bond acceptors (Lipinski definition) is 4. The molecule has 0 amide bonds. The summed E-state index contributed by atoms with van der Waals surface area (Å²) in [6.07, 6.45) is 4.17. The molecule has 2 heterocycles. The number of nitrogens with two attached hydrogens (primary N) is 1. The highest BCUT2D eigenvalue weighted by molar-refractivity contribution is 5.63. The number of nitrogens with zero attached hydrogens (tertiary/aromatic N) is 2.